The van der Waals surface area contributed by atoms with E-state index >= 15 is 0 Å². The number of benzene rings is 2. The summed E-state index contributed by atoms with van der Waals surface area (Å²) < 4.78 is 9.51. The summed E-state index contributed by atoms with van der Waals surface area (Å²) in [5, 5.41) is 5.41. The standard InChI is InChI=1S/C40H48N8O6/c1-23(2)34(46-40(52)54-4)38(50)47-20-6-9-32(47)35-41-21-30(43-35)26-14-10-24(11-15-26)25-12-16-27(17-13-25)31-22-42-36(44-31)33-19-18-28-7-5-8-29(37(49)48(28)33)45-39(51)53-3/h10-17,21-23,28-29,32-34H,5-9,18-20H2,1-4H3,(H,41,43)(H,42,44)(H,45,51)(H,46,52)/t28?,29-,32-,33-,34-/m0/s1. The highest BCUT2D eigenvalue weighted by molar-refractivity contribution is 5.87. The second kappa shape index (κ2) is 15.7. The zero-order valence-corrected chi connectivity index (χ0v) is 31.1. The van der Waals surface area contributed by atoms with Crippen LogP contribution in [0.5, 0.6) is 0 Å². The van der Waals surface area contributed by atoms with Crippen LogP contribution in [0.15, 0.2) is 60.9 Å². The van der Waals surface area contributed by atoms with Crippen LogP contribution in [0.4, 0.5) is 9.59 Å². The second-order valence-corrected chi connectivity index (χ2v) is 14.7. The van der Waals surface area contributed by atoms with E-state index in [0.717, 1.165) is 83.8 Å². The van der Waals surface area contributed by atoms with Crippen LogP contribution >= 0.6 is 0 Å². The number of nitrogens with zero attached hydrogens (tertiary/aromatic N) is 4. The minimum atomic E-state index is -0.685. The van der Waals surface area contributed by atoms with Crippen molar-refractivity contribution in [2.24, 2.45) is 5.92 Å². The van der Waals surface area contributed by atoms with Gasteiger partial charge < -0.3 is 39.9 Å². The van der Waals surface area contributed by atoms with Gasteiger partial charge in [-0.1, -0.05) is 62.4 Å². The molecule has 3 saturated heterocycles. The number of nitrogens with one attached hydrogen (secondary N) is 4. The van der Waals surface area contributed by atoms with Crippen molar-refractivity contribution >= 4 is 24.0 Å². The molecule has 0 radical (unpaired) electrons. The number of aromatic nitrogens is 4. The van der Waals surface area contributed by atoms with Crippen molar-refractivity contribution in [3.8, 4) is 33.6 Å². The lowest BCUT2D eigenvalue weighted by Crippen LogP contribution is -2.51. The zero-order valence-electron chi connectivity index (χ0n) is 31.1. The largest absolute Gasteiger partial charge is 0.453 e. The van der Waals surface area contributed by atoms with Crippen molar-refractivity contribution in [2.75, 3.05) is 20.8 Å². The maximum Gasteiger partial charge on any atom is 0.407 e. The molecule has 0 spiro atoms. The van der Waals surface area contributed by atoms with Crippen molar-refractivity contribution in [1.29, 1.82) is 0 Å². The summed E-state index contributed by atoms with van der Waals surface area (Å²) in [6.45, 7) is 4.40. The molecule has 7 rings (SSSR count). The number of carbonyl (C=O) groups is 4. The Kier molecular flexibility index (Phi) is 10.7. The van der Waals surface area contributed by atoms with E-state index in [1.165, 1.54) is 14.2 Å². The molecule has 0 saturated carbocycles. The molecule has 3 aliphatic heterocycles. The number of hydrogen-bond donors (Lipinski definition) is 4. The minimum absolute atomic E-state index is 0.0785. The van der Waals surface area contributed by atoms with Gasteiger partial charge in [0.15, 0.2) is 0 Å². The number of amides is 4. The first-order valence-corrected chi connectivity index (χ1v) is 18.8. The molecule has 5 heterocycles. The molecule has 2 aromatic heterocycles. The highest BCUT2D eigenvalue weighted by Crippen LogP contribution is 2.40. The maximum atomic E-state index is 13.6. The fourth-order valence-electron chi connectivity index (χ4n) is 8.15. The summed E-state index contributed by atoms with van der Waals surface area (Å²) in [5.41, 5.74) is 5.83. The van der Waals surface area contributed by atoms with Crippen LogP contribution in [0.3, 0.4) is 0 Å². The van der Waals surface area contributed by atoms with Crippen molar-refractivity contribution in [1.82, 2.24) is 40.4 Å². The van der Waals surface area contributed by atoms with Gasteiger partial charge in [0.05, 0.1) is 50.1 Å². The summed E-state index contributed by atoms with van der Waals surface area (Å²) in [5.74, 6) is 1.16. The summed E-state index contributed by atoms with van der Waals surface area (Å²) in [4.78, 5) is 71.0. The highest BCUT2D eigenvalue weighted by atomic mass is 16.5. The Morgan fingerprint density at radius 2 is 1.31 bits per heavy atom. The number of hydrogen-bond acceptors (Lipinski definition) is 8. The Morgan fingerprint density at radius 1 is 0.741 bits per heavy atom. The second-order valence-electron chi connectivity index (χ2n) is 14.7. The summed E-state index contributed by atoms with van der Waals surface area (Å²) in [6, 6.07) is 15.0. The number of rotatable bonds is 9. The van der Waals surface area contributed by atoms with Crippen LogP contribution in [-0.2, 0) is 19.1 Å². The third-order valence-electron chi connectivity index (χ3n) is 11.0. The number of H-pyrrole nitrogens is 2. The number of likely N-dealkylation sites (tertiary alicyclic amines) is 1. The number of imidazole rings is 2. The minimum Gasteiger partial charge on any atom is -0.453 e. The normalized spacial score (nSPS) is 21.8. The lowest BCUT2D eigenvalue weighted by atomic mass is 10.0. The first kappa shape index (κ1) is 36.7. The number of fused-ring (bicyclic) bond motifs is 1. The van der Waals surface area contributed by atoms with Crippen LogP contribution in [0.25, 0.3) is 33.6 Å². The zero-order chi connectivity index (χ0) is 37.9. The van der Waals surface area contributed by atoms with Gasteiger partial charge in [-0.2, -0.15) is 0 Å². The van der Waals surface area contributed by atoms with Crippen LogP contribution in [-0.4, -0.2) is 92.6 Å². The highest BCUT2D eigenvalue weighted by Gasteiger charge is 2.44. The van der Waals surface area contributed by atoms with Gasteiger partial charge in [0, 0.05) is 12.6 Å². The Hall–Kier alpha value is -5.66. The topological polar surface area (TPSA) is 175 Å². The third-order valence-corrected chi connectivity index (χ3v) is 11.0. The number of carbonyl (C=O) groups excluding carboxylic acids is 4. The number of ether oxygens (including phenoxy) is 2. The molecule has 54 heavy (non-hydrogen) atoms. The molecule has 1 unspecified atom stereocenters. The van der Waals surface area contributed by atoms with Crippen molar-refractivity contribution < 1.29 is 28.7 Å². The summed E-state index contributed by atoms with van der Waals surface area (Å²) in [6.07, 6.45) is 8.12. The molecule has 3 fully saturated rings. The SMILES string of the molecule is COC(=O)N[C@H]1CCCC2CC[C@@H](c3ncc(-c4ccc(-c5ccc(-c6cnc([C@@H]7CCCN7C(=O)[C@@H](NC(=O)OC)C(C)C)[nH]6)cc5)cc4)[nH]3)N2C1=O. The number of alkyl carbamates (subject to hydrolysis) is 2. The first-order chi connectivity index (χ1) is 26.1. The van der Waals surface area contributed by atoms with E-state index in [0.29, 0.717) is 13.0 Å². The average Bonchev–Trinajstić information content (AvgIpc) is 4.02. The summed E-state index contributed by atoms with van der Waals surface area (Å²) >= 11 is 0. The molecule has 0 bridgehead atoms. The predicted molar refractivity (Wildman–Crippen MR) is 201 cm³/mol. The van der Waals surface area contributed by atoms with E-state index in [-0.39, 0.29) is 35.9 Å². The van der Waals surface area contributed by atoms with Crippen molar-refractivity contribution in [2.45, 2.75) is 89.0 Å². The molecular weight excluding hydrogens is 688 g/mol. The molecule has 5 atom stereocenters. The Labute approximate surface area is 314 Å². The molecule has 2 aromatic carbocycles. The van der Waals surface area contributed by atoms with Gasteiger partial charge in [-0.25, -0.2) is 19.6 Å². The van der Waals surface area contributed by atoms with Crippen LogP contribution in [0.1, 0.15) is 82.5 Å². The maximum absolute atomic E-state index is 13.6. The first-order valence-electron chi connectivity index (χ1n) is 18.8. The molecule has 4 amide bonds. The van der Waals surface area contributed by atoms with Crippen LogP contribution in [0.2, 0.25) is 0 Å². The molecule has 284 valence electrons. The predicted octanol–water partition coefficient (Wildman–Crippen LogP) is 6.12. The van der Waals surface area contributed by atoms with Crippen LogP contribution in [0, 0.1) is 5.92 Å². The fourth-order valence-corrected chi connectivity index (χ4v) is 8.15. The van der Waals surface area contributed by atoms with Crippen molar-refractivity contribution in [3.05, 3.63) is 72.6 Å². The van der Waals surface area contributed by atoms with Crippen LogP contribution < -0.4 is 10.6 Å². The smallest absolute Gasteiger partial charge is 0.407 e. The van der Waals surface area contributed by atoms with E-state index in [1.54, 1.807) is 6.20 Å². The average molecular weight is 737 g/mol. The van der Waals surface area contributed by atoms with E-state index < -0.39 is 24.3 Å². The molecule has 3 aliphatic rings. The van der Waals surface area contributed by atoms with E-state index in [2.05, 4.69) is 74.1 Å². The Morgan fingerprint density at radius 3 is 1.89 bits per heavy atom. The van der Waals surface area contributed by atoms with Gasteiger partial charge in [-0.05, 0) is 73.1 Å². The Bertz CT molecular complexity index is 1970. The molecule has 4 aromatic rings. The Balaban J connectivity index is 1.01. The lowest BCUT2D eigenvalue weighted by Gasteiger charge is -2.30. The number of aromatic amines is 2. The van der Waals surface area contributed by atoms with Gasteiger partial charge in [0.25, 0.3) is 0 Å². The third kappa shape index (κ3) is 7.42. The number of methoxy groups -OCH3 is 2. The summed E-state index contributed by atoms with van der Waals surface area (Å²) in [7, 11) is 2.59. The fraction of sp³-hybridized carbons (Fsp3) is 0.450. The quantitative estimate of drug-likeness (QED) is 0.159. The van der Waals surface area contributed by atoms with Gasteiger partial charge in [0.2, 0.25) is 11.8 Å². The van der Waals surface area contributed by atoms with E-state index in [1.807, 2.05) is 29.8 Å². The molecule has 14 heteroatoms. The molecule has 0 aliphatic carbocycles. The monoisotopic (exact) mass is 736 g/mol. The van der Waals surface area contributed by atoms with Gasteiger partial charge >= 0.3 is 12.2 Å². The van der Waals surface area contributed by atoms with Gasteiger partial charge in [-0.3, -0.25) is 9.59 Å². The molecular formula is C40H48N8O6. The molecule has 14 nitrogen and oxygen atoms in total. The lowest BCUT2D eigenvalue weighted by molar-refractivity contribution is -0.136. The van der Waals surface area contributed by atoms with E-state index in [9.17, 15) is 19.2 Å². The van der Waals surface area contributed by atoms with Gasteiger partial charge in [0.1, 0.15) is 23.7 Å². The van der Waals surface area contributed by atoms with E-state index in [4.69, 9.17) is 14.5 Å². The van der Waals surface area contributed by atoms with Gasteiger partial charge in [-0.15, -0.1) is 0 Å². The molecule has 4 N–H and O–H groups in total. The van der Waals surface area contributed by atoms with Crippen molar-refractivity contribution in [3.63, 3.8) is 0 Å².